The molecule has 1 aliphatic rings. The minimum absolute atomic E-state index is 0.0994. The van der Waals surface area contributed by atoms with Gasteiger partial charge in [0.1, 0.15) is 6.33 Å². The summed E-state index contributed by atoms with van der Waals surface area (Å²) in [5.41, 5.74) is 3.32. The first-order valence-corrected chi connectivity index (χ1v) is 11.1. The maximum atomic E-state index is 13.2. The predicted molar refractivity (Wildman–Crippen MR) is 123 cm³/mol. The highest BCUT2D eigenvalue weighted by molar-refractivity contribution is 5.99. The quantitative estimate of drug-likeness (QED) is 0.493. The molecule has 5 rings (SSSR count). The normalized spacial score (nSPS) is 16.2. The number of hydrogen-bond acceptors (Lipinski definition) is 5. The molecule has 2 aromatic carbocycles. The largest absolute Gasteiger partial charge is 0.350 e. The van der Waals surface area contributed by atoms with Gasteiger partial charge in [-0.3, -0.25) is 14.7 Å². The van der Waals surface area contributed by atoms with Gasteiger partial charge >= 0.3 is 0 Å². The summed E-state index contributed by atoms with van der Waals surface area (Å²) in [5, 5.41) is 15.3. The van der Waals surface area contributed by atoms with Crippen LogP contribution in [0.5, 0.6) is 0 Å². The number of aromatic nitrogens is 5. The van der Waals surface area contributed by atoms with Crippen LogP contribution in [0.4, 0.5) is 0 Å². The van der Waals surface area contributed by atoms with E-state index in [9.17, 15) is 9.59 Å². The average Bonchev–Trinajstić information content (AvgIpc) is 3.53. The summed E-state index contributed by atoms with van der Waals surface area (Å²) in [7, 11) is 0. The third kappa shape index (κ3) is 4.21. The molecule has 1 atom stereocenters. The molecule has 0 radical (unpaired) electrons. The van der Waals surface area contributed by atoms with Crippen LogP contribution in [0.3, 0.4) is 0 Å². The lowest BCUT2D eigenvalue weighted by atomic mass is 10.0. The van der Waals surface area contributed by atoms with Crippen molar-refractivity contribution in [2.45, 2.75) is 32.2 Å². The van der Waals surface area contributed by atoms with E-state index in [-0.39, 0.29) is 23.7 Å². The van der Waals surface area contributed by atoms with Crippen molar-refractivity contribution in [3.05, 3.63) is 71.9 Å². The Bertz CT molecular complexity index is 1290. The highest BCUT2D eigenvalue weighted by Crippen LogP contribution is 2.20. The van der Waals surface area contributed by atoms with Crippen LogP contribution in [0.25, 0.3) is 16.6 Å². The molecule has 2 amide bonds. The molecule has 1 saturated heterocycles. The first-order chi connectivity index (χ1) is 16.1. The van der Waals surface area contributed by atoms with Crippen molar-refractivity contribution in [1.29, 1.82) is 0 Å². The summed E-state index contributed by atoms with van der Waals surface area (Å²) in [6.07, 6.45) is 6.02. The molecular formula is C24H25N7O2. The second-order valence-corrected chi connectivity index (χ2v) is 8.33. The number of nitrogens with one attached hydrogen (secondary N) is 2. The summed E-state index contributed by atoms with van der Waals surface area (Å²) in [5.74, 6) is -0.206. The first kappa shape index (κ1) is 20.9. The smallest absolute Gasteiger partial charge is 0.293 e. The van der Waals surface area contributed by atoms with Gasteiger partial charge in [0.25, 0.3) is 11.8 Å². The van der Waals surface area contributed by atoms with Crippen LogP contribution >= 0.6 is 0 Å². The number of aryl methyl sites for hydroxylation is 1. The lowest BCUT2D eigenvalue weighted by Gasteiger charge is -2.35. The van der Waals surface area contributed by atoms with E-state index in [4.69, 9.17) is 0 Å². The lowest BCUT2D eigenvalue weighted by Crippen LogP contribution is -2.49. The Morgan fingerprint density at radius 3 is 2.88 bits per heavy atom. The molecule has 2 aromatic heterocycles. The van der Waals surface area contributed by atoms with E-state index in [1.807, 2.05) is 49.4 Å². The molecule has 9 nitrogen and oxygen atoms in total. The van der Waals surface area contributed by atoms with E-state index in [1.54, 1.807) is 22.1 Å². The van der Waals surface area contributed by atoms with Gasteiger partial charge in [0.05, 0.1) is 17.4 Å². The van der Waals surface area contributed by atoms with Crippen molar-refractivity contribution in [1.82, 2.24) is 35.2 Å². The lowest BCUT2D eigenvalue weighted by molar-refractivity contribution is 0.0590. The number of carbonyl (C=O) groups is 2. The van der Waals surface area contributed by atoms with Crippen LogP contribution in [0.2, 0.25) is 0 Å². The Labute approximate surface area is 190 Å². The molecule has 1 aliphatic heterocycles. The standard InChI is InChI=1S/C24H25N7O2/c1-16-11-17(12-18-13-27-28-21(16)18)23(32)25-14-20-9-5-6-10-30(20)24(33)22-26-15-31(29-22)19-7-3-2-4-8-19/h2-4,7-8,11-13,15,20H,5-6,9-10,14H2,1H3,(H,25,32)(H,27,28). The predicted octanol–water partition coefficient (Wildman–Crippen LogP) is 2.88. The van der Waals surface area contributed by atoms with Crippen LogP contribution in [-0.4, -0.2) is 60.8 Å². The number of nitrogens with zero attached hydrogens (tertiary/aromatic N) is 5. The highest BCUT2D eigenvalue weighted by Gasteiger charge is 2.30. The van der Waals surface area contributed by atoms with E-state index < -0.39 is 0 Å². The van der Waals surface area contributed by atoms with Gasteiger partial charge in [0.2, 0.25) is 5.82 Å². The van der Waals surface area contributed by atoms with Crippen LogP contribution < -0.4 is 5.32 Å². The molecule has 4 aromatic rings. The van der Waals surface area contributed by atoms with Crippen molar-refractivity contribution >= 4 is 22.7 Å². The van der Waals surface area contributed by atoms with E-state index in [0.717, 1.165) is 41.4 Å². The molecule has 0 bridgehead atoms. The topological polar surface area (TPSA) is 109 Å². The van der Waals surface area contributed by atoms with Crippen LogP contribution in [0, 0.1) is 6.92 Å². The number of likely N-dealkylation sites (tertiary alicyclic amines) is 1. The molecule has 33 heavy (non-hydrogen) atoms. The number of fused-ring (bicyclic) bond motifs is 1. The number of H-pyrrole nitrogens is 1. The molecule has 1 unspecified atom stereocenters. The number of carbonyl (C=O) groups excluding carboxylic acids is 2. The van der Waals surface area contributed by atoms with Crippen molar-refractivity contribution < 1.29 is 9.59 Å². The molecule has 0 spiro atoms. The third-order valence-corrected chi connectivity index (χ3v) is 6.10. The molecule has 2 N–H and O–H groups in total. The van der Waals surface area contributed by atoms with E-state index in [1.165, 1.54) is 0 Å². The molecular weight excluding hydrogens is 418 g/mol. The number of rotatable bonds is 5. The van der Waals surface area contributed by atoms with Crippen molar-refractivity contribution in [2.24, 2.45) is 0 Å². The summed E-state index contributed by atoms with van der Waals surface area (Å²) < 4.78 is 1.60. The summed E-state index contributed by atoms with van der Waals surface area (Å²) in [6, 6.07) is 13.1. The fourth-order valence-electron chi connectivity index (χ4n) is 4.35. The number of piperidine rings is 1. The zero-order valence-electron chi connectivity index (χ0n) is 18.4. The summed E-state index contributed by atoms with van der Waals surface area (Å²) >= 11 is 0. The van der Waals surface area contributed by atoms with Crippen LogP contribution in [-0.2, 0) is 0 Å². The zero-order valence-corrected chi connectivity index (χ0v) is 18.4. The monoisotopic (exact) mass is 443 g/mol. The number of aromatic amines is 1. The number of para-hydroxylation sites is 1. The van der Waals surface area contributed by atoms with Gasteiger partial charge in [-0.25, -0.2) is 9.67 Å². The maximum absolute atomic E-state index is 13.2. The minimum atomic E-state index is -0.209. The first-order valence-electron chi connectivity index (χ1n) is 11.1. The molecule has 3 heterocycles. The van der Waals surface area contributed by atoms with Crippen molar-refractivity contribution in [3.63, 3.8) is 0 Å². The molecule has 9 heteroatoms. The van der Waals surface area contributed by atoms with Gasteiger partial charge in [-0.15, -0.1) is 5.10 Å². The van der Waals surface area contributed by atoms with Gasteiger partial charge in [-0.2, -0.15) is 5.10 Å². The van der Waals surface area contributed by atoms with Gasteiger partial charge in [0, 0.05) is 30.1 Å². The second-order valence-electron chi connectivity index (χ2n) is 8.33. The Balaban J connectivity index is 1.28. The average molecular weight is 444 g/mol. The molecule has 168 valence electrons. The van der Waals surface area contributed by atoms with E-state index in [2.05, 4.69) is 25.6 Å². The third-order valence-electron chi connectivity index (χ3n) is 6.10. The Hall–Kier alpha value is -4.01. The molecule has 1 fully saturated rings. The minimum Gasteiger partial charge on any atom is -0.350 e. The number of amides is 2. The Morgan fingerprint density at radius 2 is 2.03 bits per heavy atom. The molecule has 0 saturated carbocycles. The van der Waals surface area contributed by atoms with Gasteiger partial charge in [-0.05, 0) is 56.0 Å². The van der Waals surface area contributed by atoms with Gasteiger partial charge < -0.3 is 10.2 Å². The number of hydrogen-bond donors (Lipinski definition) is 2. The Morgan fingerprint density at radius 1 is 1.18 bits per heavy atom. The van der Waals surface area contributed by atoms with Crippen LogP contribution in [0.1, 0.15) is 45.8 Å². The summed E-state index contributed by atoms with van der Waals surface area (Å²) in [6.45, 7) is 2.95. The molecule has 0 aliphatic carbocycles. The highest BCUT2D eigenvalue weighted by atomic mass is 16.2. The van der Waals surface area contributed by atoms with Gasteiger partial charge in [-0.1, -0.05) is 18.2 Å². The van der Waals surface area contributed by atoms with E-state index >= 15 is 0 Å². The maximum Gasteiger partial charge on any atom is 0.293 e. The van der Waals surface area contributed by atoms with Crippen LogP contribution in [0.15, 0.2) is 55.0 Å². The summed E-state index contributed by atoms with van der Waals surface area (Å²) in [4.78, 5) is 32.1. The zero-order chi connectivity index (χ0) is 22.8. The van der Waals surface area contributed by atoms with Crippen molar-refractivity contribution in [2.75, 3.05) is 13.1 Å². The second kappa shape index (κ2) is 8.85. The van der Waals surface area contributed by atoms with Gasteiger partial charge in [0.15, 0.2) is 0 Å². The fourth-order valence-corrected chi connectivity index (χ4v) is 4.35. The fraction of sp³-hybridized carbons (Fsp3) is 0.292. The Kier molecular flexibility index (Phi) is 5.60. The van der Waals surface area contributed by atoms with E-state index in [0.29, 0.717) is 18.7 Å². The number of benzene rings is 2. The van der Waals surface area contributed by atoms with Crippen molar-refractivity contribution in [3.8, 4) is 5.69 Å². The SMILES string of the molecule is Cc1cc(C(=O)NCC2CCCCN2C(=O)c2ncn(-c3ccccc3)n2)cc2cn[nH]c12.